The molecular formula is C12H9F2N3OS. The average Bonchev–Trinajstić information content (AvgIpc) is 2.71. The molecule has 2 aromatic rings. The molecule has 19 heavy (non-hydrogen) atoms. The number of benzene rings is 1. The maximum absolute atomic E-state index is 12.0. The van der Waals surface area contributed by atoms with Crippen molar-refractivity contribution >= 4 is 22.2 Å². The molecule has 0 aliphatic heterocycles. The molecule has 1 N–H and O–H groups in total. The van der Waals surface area contributed by atoms with E-state index in [1.165, 1.54) is 23.7 Å². The summed E-state index contributed by atoms with van der Waals surface area (Å²) in [6.07, 6.45) is 0. The molecule has 7 heteroatoms. The summed E-state index contributed by atoms with van der Waals surface area (Å²) in [5.41, 5.74) is 1.81. The van der Waals surface area contributed by atoms with Crippen LogP contribution in [0, 0.1) is 18.3 Å². The Morgan fingerprint density at radius 3 is 2.63 bits per heavy atom. The van der Waals surface area contributed by atoms with Crippen molar-refractivity contribution in [3.8, 4) is 11.8 Å². The second kappa shape index (κ2) is 5.63. The van der Waals surface area contributed by atoms with Gasteiger partial charge in [0.1, 0.15) is 22.4 Å². The molecule has 4 nitrogen and oxygen atoms in total. The first-order valence-corrected chi connectivity index (χ1v) is 6.05. The number of aryl methyl sites for hydroxylation is 1. The Balaban J connectivity index is 2.13. The molecule has 0 unspecified atom stereocenters. The summed E-state index contributed by atoms with van der Waals surface area (Å²) in [6.45, 7) is -1.09. The highest BCUT2D eigenvalue weighted by molar-refractivity contribution is 7.10. The van der Waals surface area contributed by atoms with Crippen LogP contribution in [0.3, 0.4) is 0 Å². The molecule has 0 saturated carbocycles. The van der Waals surface area contributed by atoms with E-state index in [-0.39, 0.29) is 5.75 Å². The Morgan fingerprint density at radius 1 is 1.37 bits per heavy atom. The number of aromatic nitrogens is 1. The van der Waals surface area contributed by atoms with E-state index in [0.29, 0.717) is 21.9 Å². The highest BCUT2D eigenvalue weighted by Gasteiger charge is 2.10. The number of halogens is 2. The molecule has 2 rings (SSSR count). The number of rotatable bonds is 4. The maximum Gasteiger partial charge on any atom is 0.387 e. The molecule has 0 amide bonds. The van der Waals surface area contributed by atoms with Crippen LogP contribution in [0.5, 0.6) is 5.75 Å². The number of nitrogens with one attached hydrogen (secondary N) is 1. The Labute approximate surface area is 112 Å². The van der Waals surface area contributed by atoms with E-state index in [1.54, 1.807) is 19.1 Å². The van der Waals surface area contributed by atoms with Gasteiger partial charge in [0.25, 0.3) is 0 Å². The van der Waals surface area contributed by atoms with Crippen molar-refractivity contribution in [3.05, 3.63) is 35.5 Å². The van der Waals surface area contributed by atoms with E-state index in [0.717, 1.165) is 0 Å². The van der Waals surface area contributed by atoms with Gasteiger partial charge in [-0.3, -0.25) is 0 Å². The number of alkyl halides is 2. The fourth-order valence-corrected chi connectivity index (χ4v) is 2.21. The summed E-state index contributed by atoms with van der Waals surface area (Å²) in [5, 5.41) is 12.6. The van der Waals surface area contributed by atoms with Crippen LogP contribution in [0.4, 0.5) is 19.5 Å². The minimum Gasteiger partial charge on any atom is -0.435 e. The van der Waals surface area contributed by atoms with Crippen molar-refractivity contribution in [1.82, 2.24) is 4.37 Å². The Kier molecular flexibility index (Phi) is 3.92. The Morgan fingerprint density at radius 2 is 2.05 bits per heavy atom. The highest BCUT2D eigenvalue weighted by atomic mass is 32.1. The number of nitriles is 1. The lowest BCUT2D eigenvalue weighted by Gasteiger charge is -2.06. The average molecular weight is 281 g/mol. The predicted octanol–water partition coefficient (Wildman–Crippen LogP) is 3.67. The smallest absolute Gasteiger partial charge is 0.387 e. The standard InChI is InChI=1S/C12H9F2N3OS/c1-7-10(6-15)11(19-17-7)16-8-2-4-9(5-3-8)18-12(13)14/h2-5,12,16H,1H3. The van der Waals surface area contributed by atoms with E-state index >= 15 is 0 Å². The van der Waals surface area contributed by atoms with Crippen molar-refractivity contribution < 1.29 is 13.5 Å². The maximum atomic E-state index is 12.0. The van der Waals surface area contributed by atoms with Gasteiger partial charge in [-0.2, -0.15) is 18.4 Å². The van der Waals surface area contributed by atoms with Gasteiger partial charge in [-0.1, -0.05) is 0 Å². The molecule has 0 aliphatic rings. The molecule has 1 aromatic heterocycles. The first kappa shape index (κ1) is 13.2. The lowest BCUT2D eigenvalue weighted by Crippen LogP contribution is -2.01. The second-order valence-corrected chi connectivity index (χ2v) is 4.39. The van der Waals surface area contributed by atoms with Crippen LogP contribution in [0.1, 0.15) is 11.3 Å². The van der Waals surface area contributed by atoms with E-state index in [9.17, 15) is 8.78 Å². The van der Waals surface area contributed by atoms with Crippen LogP contribution < -0.4 is 10.1 Å². The molecule has 0 spiro atoms. The molecule has 0 saturated heterocycles. The van der Waals surface area contributed by atoms with E-state index < -0.39 is 6.61 Å². The predicted molar refractivity (Wildman–Crippen MR) is 67.9 cm³/mol. The van der Waals surface area contributed by atoms with Gasteiger partial charge < -0.3 is 10.1 Å². The van der Waals surface area contributed by atoms with Crippen LogP contribution in [0.2, 0.25) is 0 Å². The zero-order valence-electron chi connectivity index (χ0n) is 9.85. The van der Waals surface area contributed by atoms with Gasteiger partial charge in [-0.25, -0.2) is 0 Å². The normalized spacial score (nSPS) is 10.3. The second-order valence-electron chi connectivity index (χ2n) is 3.61. The van der Waals surface area contributed by atoms with Crippen LogP contribution in [0.15, 0.2) is 24.3 Å². The van der Waals surface area contributed by atoms with Crippen LogP contribution >= 0.6 is 11.5 Å². The molecule has 98 valence electrons. The lowest BCUT2D eigenvalue weighted by molar-refractivity contribution is -0.0498. The SMILES string of the molecule is Cc1nsc(Nc2ccc(OC(F)F)cc2)c1C#N. The fraction of sp³-hybridized carbons (Fsp3) is 0.167. The molecule has 0 fully saturated rings. The van der Waals surface area contributed by atoms with E-state index in [4.69, 9.17) is 5.26 Å². The zero-order valence-corrected chi connectivity index (χ0v) is 10.7. The fourth-order valence-electron chi connectivity index (χ4n) is 1.44. The first-order valence-electron chi connectivity index (χ1n) is 5.28. The van der Waals surface area contributed by atoms with Gasteiger partial charge in [-0.15, -0.1) is 0 Å². The van der Waals surface area contributed by atoms with Gasteiger partial charge in [-0.05, 0) is 42.7 Å². The summed E-state index contributed by atoms with van der Waals surface area (Å²) in [5.74, 6) is 0.0848. The van der Waals surface area contributed by atoms with Gasteiger partial charge in [0.05, 0.1) is 5.69 Å². The largest absolute Gasteiger partial charge is 0.435 e. The van der Waals surface area contributed by atoms with Gasteiger partial charge >= 0.3 is 6.61 Å². The monoisotopic (exact) mass is 281 g/mol. The Hall–Kier alpha value is -2.20. The lowest BCUT2D eigenvalue weighted by atomic mass is 10.2. The van der Waals surface area contributed by atoms with E-state index in [2.05, 4.69) is 20.5 Å². The third-order valence-corrected chi connectivity index (χ3v) is 3.17. The summed E-state index contributed by atoms with van der Waals surface area (Å²) in [6, 6.07) is 8.10. The number of nitrogens with zero attached hydrogens (tertiary/aromatic N) is 2. The number of anilines is 2. The van der Waals surface area contributed by atoms with Crippen LogP contribution in [0.25, 0.3) is 0 Å². The summed E-state index contributed by atoms with van der Waals surface area (Å²) in [4.78, 5) is 0. The zero-order chi connectivity index (χ0) is 13.8. The number of ether oxygens (including phenoxy) is 1. The van der Waals surface area contributed by atoms with Crippen LogP contribution in [-0.4, -0.2) is 11.0 Å². The van der Waals surface area contributed by atoms with Crippen molar-refractivity contribution in [2.75, 3.05) is 5.32 Å². The molecule has 0 radical (unpaired) electrons. The minimum atomic E-state index is -2.84. The number of hydrogen-bond donors (Lipinski definition) is 1. The van der Waals surface area contributed by atoms with Crippen LogP contribution in [-0.2, 0) is 0 Å². The molecule has 1 heterocycles. The highest BCUT2D eigenvalue weighted by Crippen LogP contribution is 2.28. The molecule has 0 atom stereocenters. The topological polar surface area (TPSA) is 57.9 Å². The van der Waals surface area contributed by atoms with E-state index in [1.807, 2.05) is 0 Å². The minimum absolute atomic E-state index is 0.0848. The van der Waals surface area contributed by atoms with Gasteiger partial charge in [0.2, 0.25) is 0 Å². The summed E-state index contributed by atoms with van der Waals surface area (Å²) in [7, 11) is 0. The quantitative estimate of drug-likeness (QED) is 0.929. The summed E-state index contributed by atoms with van der Waals surface area (Å²) >= 11 is 1.18. The van der Waals surface area contributed by atoms with Crippen molar-refractivity contribution in [3.63, 3.8) is 0 Å². The van der Waals surface area contributed by atoms with Crippen molar-refractivity contribution in [2.45, 2.75) is 13.5 Å². The van der Waals surface area contributed by atoms with Gasteiger partial charge in [0, 0.05) is 5.69 Å². The molecule has 1 aromatic carbocycles. The number of hydrogen-bond acceptors (Lipinski definition) is 5. The molecule has 0 bridgehead atoms. The summed E-state index contributed by atoms with van der Waals surface area (Å²) < 4.78 is 32.3. The van der Waals surface area contributed by atoms with Crippen molar-refractivity contribution in [1.29, 1.82) is 5.26 Å². The van der Waals surface area contributed by atoms with Gasteiger partial charge in [0.15, 0.2) is 0 Å². The molecule has 0 aliphatic carbocycles. The third-order valence-electron chi connectivity index (χ3n) is 2.31. The Bertz CT molecular complexity index is 604. The van der Waals surface area contributed by atoms with Crippen molar-refractivity contribution in [2.24, 2.45) is 0 Å². The third kappa shape index (κ3) is 3.17. The first-order chi connectivity index (χ1) is 9.10. The molecular weight excluding hydrogens is 272 g/mol.